The van der Waals surface area contributed by atoms with Crippen molar-refractivity contribution in [1.29, 1.82) is 0 Å². The van der Waals surface area contributed by atoms with Crippen LogP contribution in [-0.4, -0.2) is 4.92 Å². The Bertz CT molecular complexity index is 473. The summed E-state index contributed by atoms with van der Waals surface area (Å²) in [6, 6.07) is 5.01. The Morgan fingerprint density at radius 1 is 1.50 bits per heavy atom. The lowest BCUT2D eigenvalue weighted by Crippen LogP contribution is -2.26. The number of hydrogen-bond donors (Lipinski definition) is 1. The molecule has 5 heteroatoms. The fraction of sp³-hybridized carbons (Fsp3) is 0.455. The zero-order chi connectivity index (χ0) is 12.1. The molecule has 1 aliphatic carbocycles. The van der Waals surface area contributed by atoms with Crippen LogP contribution in [0.1, 0.15) is 25.8 Å². The first-order chi connectivity index (χ1) is 7.29. The lowest BCUT2D eigenvalue weighted by molar-refractivity contribution is -0.385. The standard InChI is InChI=1S/C11H13BrN2O2/c1-10(2)6-11(10,13)7-4-3-5-8(9(7)12)14(15)16/h3-5H,6,13H2,1-2H3. The van der Waals surface area contributed by atoms with Crippen molar-refractivity contribution in [2.45, 2.75) is 25.8 Å². The largest absolute Gasteiger partial charge is 0.321 e. The molecule has 1 atom stereocenters. The predicted octanol–water partition coefficient (Wildman–Crippen LogP) is 2.94. The van der Waals surface area contributed by atoms with E-state index in [0.717, 1.165) is 12.0 Å². The fourth-order valence-electron chi connectivity index (χ4n) is 2.12. The molecule has 0 bridgehead atoms. The summed E-state index contributed by atoms with van der Waals surface area (Å²) in [6.45, 7) is 4.14. The second kappa shape index (κ2) is 3.28. The molecule has 0 heterocycles. The van der Waals surface area contributed by atoms with E-state index in [9.17, 15) is 10.1 Å². The van der Waals surface area contributed by atoms with Gasteiger partial charge in [-0.25, -0.2) is 0 Å². The molecule has 1 saturated carbocycles. The van der Waals surface area contributed by atoms with Crippen LogP contribution in [0.5, 0.6) is 0 Å². The maximum absolute atomic E-state index is 10.8. The first kappa shape index (κ1) is 11.5. The lowest BCUT2D eigenvalue weighted by atomic mass is 9.97. The summed E-state index contributed by atoms with van der Waals surface area (Å²) >= 11 is 3.29. The van der Waals surface area contributed by atoms with Gasteiger partial charge < -0.3 is 5.73 Å². The lowest BCUT2D eigenvalue weighted by Gasteiger charge is -2.16. The van der Waals surface area contributed by atoms with Crippen LogP contribution in [0.3, 0.4) is 0 Å². The maximum Gasteiger partial charge on any atom is 0.283 e. The number of hydrogen-bond acceptors (Lipinski definition) is 3. The molecule has 1 aromatic carbocycles. The molecule has 0 aromatic heterocycles. The van der Waals surface area contributed by atoms with Crippen LogP contribution in [0.25, 0.3) is 0 Å². The normalized spacial score (nSPS) is 26.5. The minimum Gasteiger partial charge on any atom is -0.321 e. The van der Waals surface area contributed by atoms with E-state index < -0.39 is 10.5 Å². The van der Waals surface area contributed by atoms with Crippen LogP contribution in [0.15, 0.2) is 22.7 Å². The fourth-order valence-corrected chi connectivity index (χ4v) is 2.88. The highest BCUT2D eigenvalue weighted by Gasteiger charge is 2.60. The maximum atomic E-state index is 10.8. The van der Waals surface area contributed by atoms with Gasteiger partial charge >= 0.3 is 0 Å². The van der Waals surface area contributed by atoms with Gasteiger partial charge in [0.2, 0.25) is 0 Å². The molecular weight excluding hydrogens is 272 g/mol. The zero-order valence-electron chi connectivity index (χ0n) is 9.16. The van der Waals surface area contributed by atoms with Gasteiger partial charge in [0.15, 0.2) is 0 Å². The molecule has 0 spiro atoms. The van der Waals surface area contributed by atoms with Crippen LogP contribution < -0.4 is 5.73 Å². The molecule has 1 aliphatic rings. The highest BCUT2D eigenvalue weighted by Crippen LogP contribution is 2.62. The quantitative estimate of drug-likeness (QED) is 0.671. The molecule has 0 aliphatic heterocycles. The van der Waals surface area contributed by atoms with Gasteiger partial charge in [-0.1, -0.05) is 26.0 Å². The smallest absolute Gasteiger partial charge is 0.283 e. The Hall–Kier alpha value is -0.940. The zero-order valence-corrected chi connectivity index (χ0v) is 10.7. The summed E-state index contributed by atoms with van der Waals surface area (Å²) in [5.41, 5.74) is 6.72. The van der Waals surface area contributed by atoms with Gasteiger partial charge in [-0.3, -0.25) is 10.1 Å². The number of rotatable bonds is 2. The SMILES string of the molecule is CC1(C)CC1(N)c1cccc([N+](=O)[O-])c1Br. The summed E-state index contributed by atoms with van der Waals surface area (Å²) in [5, 5.41) is 10.8. The van der Waals surface area contributed by atoms with Gasteiger partial charge in [0.1, 0.15) is 4.47 Å². The van der Waals surface area contributed by atoms with E-state index >= 15 is 0 Å². The second-order valence-electron chi connectivity index (χ2n) is 4.93. The van der Waals surface area contributed by atoms with Crippen molar-refractivity contribution < 1.29 is 4.92 Å². The predicted molar refractivity (Wildman–Crippen MR) is 65.1 cm³/mol. The molecule has 0 radical (unpaired) electrons. The monoisotopic (exact) mass is 284 g/mol. The molecule has 16 heavy (non-hydrogen) atoms. The third-order valence-corrected chi connectivity index (χ3v) is 4.29. The Morgan fingerprint density at radius 3 is 2.50 bits per heavy atom. The van der Waals surface area contributed by atoms with Crippen LogP contribution in [0.2, 0.25) is 0 Å². The third-order valence-electron chi connectivity index (χ3n) is 3.46. The topological polar surface area (TPSA) is 69.2 Å². The van der Waals surface area contributed by atoms with Crippen LogP contribution in [0, 0.1) is 15.5 Å². The first-order valence-corrected chi connectivity index (χ1v) is 5.81. The summed E-state index contributed by atoms with van der Waals surface area (Å²) in [5.74, 6) is 0. The average Bonchev–Trinajstić information content (AvgIpc) is 2.66. The van der Waals surface area contributed by atoms with Crippen LogP contribution in [-0.2, 0) is 5.54 Å². The van der Waals surface area contributed by atoms with E-state index in [4.69, 9.17) is 5.73 Å². The number of nitro groups is 1. The van der Waals surface area contributed by atoms with Gasteiger partial charge in [-0.2, -0.15) is 0 Å². The number of benzene rings is 1. The van der Waals surface area contributed by atoms with Crippen molar-refractivity contribution in [1.82, 2.24) is 0 Å². The van der Waals surface area contributed by atoms with Gasteiger partial charge in [-0.05, 0) is 33.3 Å². The van der Waals surface area contributed by atoms with Crippen molar-refractivity contribution in [3.8, 4) is 0 Å². The summed E-state index contributed by atoms with van der Waals surface area (Å²) in [7, 11) is 0. The number of nitrogens with zero attached hydrogens (tertiary/aromatic N) is 1. The van der Waals surface area contributed by atoms with Gasteiger partial charge in [0, 0.05) is 11.6 Å². The molecule has 1 fully saturated rings. The number of nitrogens with two attached hydrogens (primary N) is 1. The molecule has 1 aromatic rings. The van der Waals surface area contributed by atoms with Crippen molar-refractivity contribution >= 4 is 21.6 Å². The van der Waals surface area contributed by atoms with Crippen LogP contribution >= 0.6 is 15.9 Å². The summed E-state index contributed by atoms with van der Waals surface area (Å²) in [6.07, 6.45) is 0.847. The van der Waals surface area contributed by atoms with Gasteiger partial charge in [0.25, 0.3) is 5.69 Å². The van der Waals surface area contributed by atoms with Crippen molar-refractivity contribution in [2.24, 2.45) is 11.1 Å². The minimum atomic E-state index is -0.447. The Labute approximate surface area is 102 Å². The molecular formula is C11H13BrN2O2. The van der Waals surface area contributed by atoms with E-state index in [1.165, 1.54) is 6.07 Å². The van der Waals surface area contributed by atoms with Gasteiger partial charge in [-0.15, -0.1) is 0 Å². The molecule has 2 rings (SSSR count). The molecule has 86 valence electrons. The van der Waals surface area contributed by atoms with E-state index in [1.807, 2.05) is 6.07 Å². The summed E-state index contributed by atoms with van der Waals surface area (Å²) in [4.78, 5) is 10.4. The Kier molecular flexibility index (Phi) is 2.36. The average molecular weight is 285 g/mol. The molecule has 0 saturated heterocycles. The van der Waals surface area contributed by atoms with Crippen LogP contribution in [0.4, 0.5) is 5.69 Å². The first-order valence-electron chi connectivity index (χ1n) is 5.02. The van der Waals surface area contributed by atoms with E-state index in [2.05, 4.69) is 29.8 Å². The Balaban J connectivity index is 2.53. The summed E-state index contributed by atoms with van der Waals surface area (Å²) < 4.78 is 0.507. The van der Waals surface area contributed by atoms with Crippen molar-refractivity contribution in [3.05, 3.63) is 38.3 Å². The minimum absolute atomic E-state index is 0.00470. The van der Waals surface area contributed by atoms with Crippen molar-refractivity contribution in [2.75, 3.05) is 0 Å². The molecule has 2 N–H and O–H groups in total. The van der Waals surface area contributed by atoms with Gasteiger partial charge in [0.05, 0.1) is 4.92 Å². The third kappa shape index (κ3) is 1.46. The van der Waals surface area contributed by atoms with E-state index in [-0.39, 0.29) is 11.1 Å². The van der Waals surface area contributed by atoms with Crippen molar-refractivity contribution in [3.63, 3.8) is 0 Å². The molecule has 0 amide bonds. The highest BCUT2D eigenvalue weighted by molar-refractivity contribution is 9.10. The second-order valence-corrected chi connectivity index (χ2v) is 5.72. The van der Waals surface area contributed by atoms with E-state index in [0.29, 0.717) is 4.47 Å². The number of halogens is 1. The number of nitro benzene ring substituents is 1. The Morgan fingerprint density at radius 2 is 2.06 bits per heavy atom. The molecule has 1 unspecified atom stereocenters. The highest BCUT2D eigenvalue weighted by atomic mass is 79.9. The van der Waals surface area contributed by atoms with E-state index in [1.54, 1.807) is 6.07 Å². The molecule has 4 nitrogen and oxygen atoms in total.